The molecule has 0 saturated heterocycles. The molecule has 2 aromatic heterocycles. The van der Waals surface area contributed by atoms with Gasteiger partial charge in [0, 0.05) is 11.6 Å². The highest BCUT2D eigenvalue weighted by Crippen LogP contribution is 2.17. The first kappa shape index (κ1) is 19.2. The van der Waals surface area contributed by atoms with Gasteiger partial charge in [0.1, 0.15) is 5.39 Å². The number of thioether (sulfide) groups is 1. The molecule has 7 nitrogen and oxygen atoms in total. The maximum absolute atomic E-state index is 12.4. The molecule has 4 rings (SSSR count). The molecule has 0 radical (unpaired) electrons. The maximum atomic E-state index is 12.4. The number of rotatable bonds is 6. The van der Waals surface area contributed by atoms with Crippen LogP contribution in [-0.4, -0.2) is 31.4 Å². The number of carbonyl (C=O) groups excluding carboxylic acids is 1. The summed E-state index contributed by atoms with van der Waals surface area (Å²) >= 11 is 7.10. The topological polar surface area (TPSA) is 92.7 Å². The minimum Gasteiger partial charge on any atom is -0.351 e. The molecule has 0 aliphatic heterocycles. The number of fused-ring (bicyclic) bond motifs is 1. The van der Waals surface area contributed by atoms with Crippen LogP contribution in [0.5, 0.6) is 0 Å². The van der Waals surface area contributed by atoms with Crippen LogP contribution in [0.3, 0.4) is 0 Å². The Hall–Kier alpha value is -3.10. The molecule has 146 valence electrons. The number of aromatic nitrogens is 4. The fourth-order valence-electron chi connectivity index (χ4n) is 2.76. The Morgan fingerprint density at radius 3 is 2.79 bits per heavy atom. The van der Waals surface area contributed by atoms with E-state index in [1.807, 2.05) is 42.5 Å². The standard InChI is InChI=1S/C20H16ClN5O2S/c21-14-6-4-5-13(9-14)10-22-17(27)12-29-20-24-18-16(19(28)25-20)11-23-26(18)15-7-2-1-3-8-15/h1-9,11H,10,12H2,(H,22,27)(H,24,25,28). The number of nitrogens with zero attached hydrogens (tertiary/aromatic N) is 3. The van der Waals surface area contributed by atoms with Gasteiger partial charge in [0.05, 0.1) is 17.6 Å². The minimum atomic E-state index is -0.293. The Morgan fingerprint density at radius 2 is 2.00 bits per heavy atom. The fourth-order valence-corrected chi connectivity index (χ4v) is 3.66. The first-order valence-electron chi connectivity index (χ1n) is 8.77. The lowest BCUT2D eigenvalue weighted by Gasteiger charge is -2.06. The molecule has 2 N–H and O–H groups in total. The van der Waals surface area contributed by atoms with Gasteiger partial charge in [0.25, 0.3) is 5.56 Å². The summed E-state index contributed by atoms with van der Waals surface area (Å²) in [6.45, 7) is 0.379. The largest absolute Gasteiger partial charge is 0.351 e. The molecule has 0 aliphatic carbocycles. The van der Waals surface area contributed by atoms with Gasteiger partial charge in [-0.25, -0.2) is 9.67 Å². The van der Waals surface area contributed by atoms with Gasteiger partial charge in [-0.15, -0.1) is 0 Å². The summed E-state index contributed by atoms with van der Waals surface area (Å²) in [4.78, 5) is 31.7. The highest BCUT2D eigenvalue weighted by Gasteiger charge is 2.13. The third-order valence-corrected chi connectivity index (χ3v) is 5.24. The van der Waals surface area contributed by atoms with Crippen LogP contribution < -0.4 is 10.9 Å². The second kappa shape index (κ2) is 8.50. The van der Waals surface area contributed by atoms with Crippen molar-refractivity contribution in [3.63, 3.8) is 0 Å². The van der Waals surface area contributed by atoms with Gasteiger partial charge in [0.2, 0.25) is 5.91 Å². The van der Waals surface area contributed by atoms with Crippen LogP contribution in [0.1, 0.15) is 5.56 Å². The number of para-hydroxylation sites is 1. The predicted molar refractivity (Wildman–Crippen MR) is 114 cm³/mol. The van der Waals surface area contributed by atoms with Crippen LogP contribution in [0.2, 0.25) is 5.02 Å². The van der Waals surface area contributed by atoms with Crippen LogP contribution >= 0.6 is 23.4 Å². The molecule has 0 atom stereocenters. The van der Waals surface area contributed by atoms with Crippen molar-refractivity contribution in [3.05, 3.63) is 81.7 Å². The zero-order valence-electron chi connectivity index (χ0n) is 15.1. The van der Waals surface area contributed by atoms with Gasteiger partial charge in [0.15, 0.2) is 10.8 Å². The Labute approximate surface area is 175 Å². The van der Waals surface area contributed by atoms with E-state index >= 15 is 0 Å². The lowest BCUT2D eigenvalue weighted by molar-refractivity contribution is -0.118. The van der Waals surface area contributed by atoms with E-state index in [-0.39, 0.29) is 17.2 Å². The monoisotopic (exact) mass is 425 g/mol. The summed E-state index contributed by atoms with van der Waals surface area (Å²) in [6.07, 6.45) is 1.49. The summed E-state index contributed by atoms with van der Waals surface area (Å²) in [5.41, 5.74) is 1.87. The number of hydrogen-bond acceptors (Lipinski definition) is 5. The number of amides is 1. The quantitative estimate of drug-likeness (QED) is 0.365. The molecular formula is C20H16ClN5O2S. The number of hydrogen-bond donors (Lipinski definition) is 2. The molecule has 4 aromatic rings. The molecule has 0 unspecified atom stereocenters. The zero-order chi connectivity index (χ0) is 20.2. The fraction of sp³-hybridized carbons (Fsp3) is 0.100. The Bertz CT molecular complexity index is 1220. The third-order valence-electron chi connectivity index (χ3n) is 4.14. The Kier molecular flexibility index (Phi) is 5.64. The molecule has 9 heteroatoms. The maximum Gasteiger partial charge on any atom is 0.262 e. The second-order valence-electron chi connectivity index (χ2n) is 6.20. The van der Waals surface area contributed by atoms with Crippen molar-refractivity contribution in [2.45, 2.75) is 11.7 Å². The number of nitrogens with one attached hydrogen (secondary N) is 2. The summed E-state index contributed by atoms with van der Waals surface area (Å²) < 4.78 is 1.61. The van der Waals surface area contributed by atoms with Crippen molar-refractivity contribution in [2.75, 3.05) is 5.75 Å². The Balaban J connectivity index is 1.47. The van der Waals surface area contributed by atoms with Gasteiger partial charge in [-0.3, -0.25) is 9.59 Å². The minimum absolute atomic E-state index is 0.120. The highest BCUT2D eigenvalue weighted by molar-refractivity contribution is 7.99. The molecule has 0 bridgehead atoms. The van der Waals surface area contributed by atoms with Gasteiger partial charge in [-0.1, -0.05) is 53.7 Å². The van der Waals surface area contributed by atoms with Crippen molar-refractivity contribution in [1.29, 1.82) is 0 Å². The average molecular weight is 426 g/mol. The highest BCUT2D eigenvalue weighted by atomic mass is 35.5. The van der Waals surface area contributed by atoms with E-state index in [2.05, 4.69) is 20.4 Å². The van der Waals surface area contributed by atoms with Crippen molar-refractivity contribution in [1.82, 2.24) is 25.1 Å². The zero-order valence-corrected chi connectivity index (χ0v) is 16.7. The van der Waals surface area contributed by atoms with Gasteiger partial charge in [-0.05, 0) is 29.8 Å². The number of halogens is 1. The van der Waals surface area contributed by atoms with E-state index in [0.717, 1.165) is 23.0 Å². The van der Waals surface area contributed by atoms with Crippen LogP contribution in [0.25, 0.3) is 16.7 Å². The normalized spacial score (nSPS) is 10.9. The molecule has 2 heterocycles. The lowest BCUT2D eigenvalue weighted by atomic mass is 10.2. The summed E-state index contributed by atoms with van der Waals surface area (Å²) in [7, 11) is 0. The van der Waals surface area contributed by atoms with Crippen LogP contribution in [0, 0.1) is 0 Å². The van der Waals surface area contributed by atoms with E-state index in [4.69, 9.17) is 11.6 Å². The molecule has 29 heavy (non-hydrogen) atoms. The summed E-state index contributed by atoms with van der Waals surface area (Å²) in [5.74, 6) is -0.0524. The van der Waals surface area contributed by atoms with E-state index < -0.39 is 0 Å². The molecule has 0 saturated carbocycles. The molecule has 1 amide bonds. The number of aromatic amines is 1. The smallest absolute Gasteiger partial charge is 0.262 e. The van der Waals surface area contributed by atoms with E-state index in [9.17, 15) is 9.59 Å². The third kappa shape index (κ3) is 4.49. The molecule has 0 fully saturated rings. The van der Waals surface area contributed by atoms with Crippen LogP contribution in [0.4, 0.5) is 0 Å². The molecule has 0 spiro atoms. The van der Waals surface area contributed by atoms with E-state index in [1.165, 1.54) is 6.20 Å². The van der Waals surface area contributed by atoms with Crippen LogP contribution in [0.15, 0.2) is 70.7 Å². The van der Waals surface area contributed by atoms with Crippen molar-refractivity contribution in [2.24, 2.45) is 0 Å². The average Bonchev–Trinajstić information content (AvgIpc) is 3.16. The van der Waals surface area contributed by atoms with Gasteiger partial charge in [-0.2, -0.15) is 5.10 Å². The SMILES string of the molecule is O=C(CSc1nc2c(cnn2-c2ccccc2)c(=O)[nH]1)NCc1cccc(Cl)c1. The predicted octanol–water partition coefficient (Wildman–Crippen LogP) is 3.17. The lowest BCUT2D eigenvalue weighted by Crippen LogP contribution is -2.24. The second-order valence-corrected chi connectivity index (χ2v) is 7.60. The number of carbonyl (C=O) groups is 1. The van der Waals surface area contributed by atoms with Gasteiger partial charge < -0.3 is 10.3 Å². The van der Waals surface area contributed by atoms with Crippen molar-refractivity contribution in [3.8, 4) is 5.69 Å². The summed E-state index contributed by atoms with van der Waals surface area (Å²) in [6, 6.07) is 16.7. The van der Waals surface area contributed by atoms with E-state index in [0.29, 0.717) is 27.8 Å². The molecule has 2 aromatic carbocycles. The van der Waals surface area contributed by atoms with Crippen molar-refractivity contribution >= 4 is 40.3 Å². The Morgan fingerprint density at radius 1 is 1.17 bits per heavy atom. The van der Waals surface area contributed by atoms with Gasteiger partial charge >= 0.3 is 0 Å². The first-order chi connectivity index (χ1) is 14.1. The summed E-state index contributed by atoms with van der Waals surface area (Å²) in [5, 5.41) is 8.47. The van der Waals surface area contributed by atoms with Crippen molar-refractivity contribution < 1.29 is 4.79 Å². The van der Waals surface area contributed by atoms with Crippen LogP contribution in [-0.2, 0) is 11.3 Å². The first-order valence-corrected chi connectivity index (χ1v) is 10.1. The molecule has 0 aliphatic rings. The van der Waals surface area contributed by atoms with E-state index in [1.54, 1.807) is 16.8 Å². The number of H-pyrrole nitrogens is 1. The molecular weight excluding hydrogens is 410 g/mol. The number of benzene rings is 2.